The lowest BCUT2D eigenvalue weighted by atomic mass is 10.1. The molecule has 0 atom stereocenters. The zero-order valence-corrected chi connectivity index (χ0v) is 16.7. The normalized spacial score (nSPS) is 15.4. The van der Waals surface area contributed by atoms with Crippen molar-refractivity contribution >= 4 is 5.96 Å². The second-order valence-electron chi connectivity index (χ2n) is 7.03. The van der Waals surface area contributed by atoms with E-state index >= 15 is 0 Å². The molecule has 3 rings (SSSR count). The van der Waals surface area contributed by atoms with Crippen molar-refractivity contribution in [1.29, 1.82) is 0 Å². The maximum absolute atomic E-state index is 6.03. The molecule has 2 aromatic rings. The lowest BCUT2D eigenvalue weighted by Crippen LogP contribution is -2.37. The molecule has 150 valence electrons. The van der Waals surface area contributed by atoms with E-state index in [1.165, 1.54) is 16.7 Å². The van der Waals surface area contributed by atoms with E-state index in [0.717, 1.165) is 51.5 Å². The van der Waals surface area contributed by atoms with Crippen LogP contribution in [0.5, 0.6) is 0 Å². The van der Waals surface area contributed by atoms with Crippen molar-refractivity contribution in [3.63, 3.8) is 0 Å². The van der Waals surface area contributed by atoms with Gasteiger partial charge in [0, 0.05) is 33.4 Å². The second kappa shape index (κ2) is 11.5. The first kappa shape index (κ1) is 20.4. The van der Waals surface area contributed by atoms with Gasteiger partial charge in [0.15, 0.2) is 5.96 Å². The molecule has 0 saturated carbocycles. The number of ether oxygens (including phenoxy) is 2. The van der Waals surface area contributed by atoms with Crippen LogP contribution in [-0.4, -0.2) is 38.9 Å². The van der Waals surface area contributed by atoms with Crippen molar-refractivity contribution < 1.29 is 9.47 Å². The van der Waals surface area contributed by atoms with Gasteiger partial charge in [0.2, 0.25) is 0 Å². The van der Waals surface area contributed by atoms with Gasteiger partial charge in [-0.15, -0.1) is 0 Å². The summed E-state index contributed by atoms with van der Waals surface area (Å²) in [6.07, 6.45) is 3.28. The molecule has 0 spiro atoms. The van der Waals surface area contributed by atoms with Gasteiger partial charge in [-0.05, 0) is 36.0 Å². The van der Waals surface area contributed by atoms with E-state index in [-0.39, 0.29) is 0 Å². The van der Waals surface area contributed by atoms with Gasteiger partial charge in [-0.3, -0.25) is 4.99 Å². The zero-order valence-electron chi connectivity index (χ0n) is 16.7. The van der Waals surface area contributed by atoms with E-state index in [4.69, 9.17) is 9.47 Å². The Bertz CT molecular complexity index is 728. The van der Waals surface area contributed by atoms with Crippen molar-refractivity contribution in [3.05, 3.63) is 71.3 Å². The van der Waals surface area contributed by atoms with E-state index in [1.54, 1.807) is 7.05 Å². The molecular formula is C23H31N3O2. The Morgan fingerprint density at radius 2 is 1.75 bits per heavy atom. The van der Waals surface area contributed by atoms with Crippen LogP contribution in [0.2, 0.25) is 0 Å². The Hall–Kier alpha value is -2.37. The quantitative estimate of drug-likeness (QED) is 0.544. The highest BCUT2D eigenvalue weighted by atomic mass is 16.5. The van der Waals surface area contributed by atoms with Crippen molar-refractivity contribution in [2.75, 3.05) is 26.8 Å². The highest BCUT2D eigenvalue weighted by Gasteiger charge is 2.14. The van der Waals surface area contributed by atoms with E-state index in [2.05, 4.69) is 64.2 Å². The maximum Gasteiger partial charge on any atom is 0.191 e. The SMILES string of the molecule is CN=C(NCCc1ccccc1)NCc1cccc(COC2CCOCC2)c1. The summed E-state index contributed by atoms with van der Waals surface area (Å²) in [6, 6.07) is 19.0. The average Bonchev–Trinajstić information content (AvgIpc) is 2.76. The molecule has 28 heavy (non-hydrogen) atoms. The van der Waals surface area contributed by atoms with Gasteiger partial charge >= 0.3 is 0 Å². The molecule has 0 amide bonds. The number of benzene rings is 2. The Labute approximate surface area is 168 Å². The number of aliphatic imine (C=N–C) groups is 1. The minimum Gasteiger partial charge on any atom is -0.381 e. The van der Waals surface area contributed by atoms with Crippen LogP contribution < -0.4 is 10.6 Å². The van der Waals surface area contributed by atoms with Gasteiger partial charge in [-0.1, -0.05) is 54.6 Å². The fraction of sp³-hybridized carbons (Fsp3) is 0.435. The summed E-state index contributed by atoms with van der Waals surface area (Å²) in [5, 5.41) is 6.76. The Balaban J connectivity index is 1.41. The van der Waals surface area contributed by atoms with Gasteiger partial charge in [-0.25, -0.2) is 0 Å². The number of hydrogen-bond acceptors (Lipinski definition) is 3. The number of rotatable bonds is 8. The molecule has 1 aliphatic heterocycles. The third-order valence-electron chi connectivity index (χ3n) is 4.88. The maximum atomic E-state index is 6.03. The first-order chi connectivity index (χ1) is 13.8. The number of guanidine groups is 1. The number of hydrogen-bond donors (Lipinski definition) is 2. The van der Waals surface area contributed by atoms with Crippen LogP contribution in [0.15, 0.2) is 59.6 Å². The summed E-state index contributed by atoms with van der Waals surface area (Å²) in [7, 11) is 1.80. The lowest BCUT2D eigenvalue weighted by Gasteiger charge is -2.22. The highest BCUT2D eigenvalue weighted by Crippen LogP contribution is 2.14. The van der Waals surface area contributed by atoms with Crippen LogP contribution in [0.25, 0.3) is 0 Å². The van der Waals surface area contributed by atoms with Crippen molar-refractivity contribution in [1.82, 2.24) is 10.6 Å². The Kier molecular flexibility index (Phi) is 8.34. The molecule has 1 saturated heterocycles. The molecule has 0 aromatic heterocycles. The summed E-state index contributed by atoms with van der Waals surface area (Å²) in [5.41, 5.74) is 3.75. The van der Waals surface area contributed by atoms with E-state index in [9.17, 15) is 0 Å². The monoisotopic (exact) mass is 381 g/mol. The summed E-state index contributed by atoms with van der Waals surface area (Å²) in [5.74, 6) is 0.819. The van der Waals surface area contributed by atoms with Crippen molar-refractivity contribution in [3.8, 4) is 0 Å². The Morgan fingerprint density at radius 1 is 1.00 bits per heavy atom. The zero-order chi connectivity index (χ0) is 19.4. The van der Waals surface area contributed by atoms with Crippen LogP contribution in [0.1, 0.15) is 29.5 Å². The molecule has 1 aliphatic rings. The predicted molar refractivity (Wildman–Crippen MR) is 113 cm³/mol. The first-order valence-electron chi connectivity index (χ1n) is 10.1. The van der Waals surface area contributed by atoms with Gasteiger partial charge in [0.25, 0.3) is 0 Å². The van der Waals surface area contributed by atoms with Crippen LogP contribution in [-0.2, 0) is 29.0 Å². The second-order valence-corrected chi connectivity index (χ2v) is 7.03. The smallest absolute Gasteiger partial charge is 0.191 e. The fourth-order valence-electron chi connectivity index (χ4n) is 3.26. The van der Waals surface area contributed by atoms with Crippen molar-refractivity contribution in [2.45, 2.75) is 38.5 Å². The molecule has 5 nitrogen and oxygen atoms in total. The summed E-state index contributed by atoms with van der Waals surface area (Å²) < 4.78 is 11.4. The molecular weight excluding hydrogens is 350 g/mol. The van der Waals surface area contributed by atoms with Gasteiger partial charge < -0.3 is 20.1 Å². The largest absolute Gasteiger partial charge is 0.381 e. The molecule has 2 aromatic carbocycles. The minimum absolute atomic E-state index is 0.322. The summed E-state index contributed by atoms with van der Waals surface area (Å²) >= 11 is 0. The predicted octanol–water partition coefficient (Wildman–Crippen LogP) is 3.29. The average molecular weight is 382 g/mol. The topological polar surface area (TPSA) is 54.9 Å². The highest BCUT2D eigenvalue weighted by molar-refractivity contribution is 5.79. The third kappa shape index (κ3) is 6.98. The number of nitrogens with one attached hydrogen (secondary N) is 2. The molecule has 0 aliphatic carbocycles. The lowest BCUT2D eigenvalue weighted by molar-refractivity contribution is -0.0390. The van der Waals surface area contributed by atoms with Crippen LogP contribution >= 0.6 is 0 Å². The molecule has 1 fully saturated rings. The molecule has 0 unspecified atom stereocenters. The molecule has 1 heterocycles. The number of nitrogens with zero attached hydrogens (tertiary/aromatic N) is 1. The van der Waals surface area contributed by atoms with Gasteiger partial charge in [0.05, 0.1) is 12.7 Å². The fourth-order valence-corrected chi connectivity index (χ4v) is 3.26. The molecule has 0 radical (unpaired) electrons. The van der Waals surface area contributed by atoms with E-state index < -0.39 is 0 Å². The molecule has 2 N–H and O–H groups in total. The third-order valence-corrected chi connectivity index (χ3v) is 4.88. The first-order valence-corrected chi connectivity index (χ1v) is 10.1. The van der Waals surface area contributed by atoms with E-state index in [0.29, 0.717) is 12.7 Å². The molecule has 5 heteroatoms. The summed E-state index contributed by atoms with van der Waals surface area (Å²) in [4.78, 5) is 4.31. The van der Waals surface area contributed by atoms with Crippen LogP contribution in [0.3, 0.4) is 0 Å². The van der Waals surface area contributed by atoms with Crippen LogP contribution in [0, 0.1) is 0 Å². The van der Waals surface area contributed by atoms with Crippen molar-refractivity contribution in [2.24, 2.45) is 4.99 Å². The van der Waals surface area contributed by atoms with Gasteiger partial charge in [-0.2, -0.15) is 0 Å². The van der Waals surface area contributed by atoms with Gasteiger partial charge in [0.1, 0.15) is 0 Å². The molecule has 0 bridgehead atoms. The van der Waals surface area contributed by atoms with Crippen LogP contribution in [0.4, 0.5) is 0 Å². The standard InChI is InChI=1S/C23H31N3O2/c1-24-23(25-13-10-19-6-3-2-4-7-19)26-17-20-8-5-9-21(16-20)18-28-22-11-14-27-15-12-22/h2-9,16,22H,10-15,17-18H2,1H3,(H2,24,25,26). The van der Waals surface area contributed by atoms with E-state index in [1.807, 2.05) is 6.07 Å². The minimum atomic E-state index is 0.322. The Morgan fingerprint density at radius 3 is 2.54 bits per heavy atom. The summed E-state index contributed by atoms with van der Waals surface area (Å²) in [6.45, 7) is 3.86.